The molecule has 0 N–H and O–H groups in total. The van der Waals surface area contributed by atoms with Gasteiger partial charge >= 0.3 is 17.9 Å². The van der Waals surface area contributed by atoms with Gasteiger partial charge in [-0.25, -0.2) is 0 Å². The molecule has 78 heavy (non-hydrogen) atoms. The summed E-state index contributed by atoms with van der Waals surface area (Å²) in [6.45, 7) is 6.51. The Bertz CT molecular complexity index is 1570. The Hall–Kier alpha value is -3.93. The Morgan fingerprint density at radius 2 is 0.500 bits per heavy atom. The molecule has 0 aromatic rings. The molecule has 0 fully saturated rings. The minimum Gasteiger partial charge on any atom is -0.462 e. The van der Waals surface area contributed by atoms with Gasteiger partial charge in [0.15, 0.2) is 6.10 Å². The third kappa shape index (κ3) is 62.9. The van der Waals surface area contributed by atoms with Crippen LogP contribution in [0.15, 0.2) is 109 Å². The van der Waals surface area contributed by atoms with E-state index in [4.69, 9.17) is 14.2 Å². The Balaban J connectivity index is 4.40. The number of hydrogen-bond donors (Lipinski definition) is 0. The van der Waals surface area contributed by atoms with E-state index in [0.717, 1.165) is 122 Å². The van der Waals surface area contributed by atoms with Crippen LogP contribution < -0.4 is 0 Å². The van der Waals surface area contributed by atoms with Crippen LogP contribution in [0, 0.1) is 0 Å². The van der Waals surface area contributed by atoms with Crippen LogP contribution in [-0.4, -0.2) is 37.2 Å². The first-order valence-corrected chi connectivity index (χ1v) is 32.9. The highest BCUT2D eigenvalue weighted by Crippen LogP contribution is 2.15. The van der Waals surface area contributed by atoms with Crippen LogP contribution in [0.3, 0.4) is 0 Å². The van der Waals surface area contributed by atoms with E-state index in [0.29, 0.717) is 19.3 Å². The molecule has 446 valence electrons. The van der Waals surface area contributed by atoms with Gasteiger partial charge in [-0.3, -0.25) is 14.4 Å². The van der Waals surface area contributed by atoms with Crippen molar-refractivity contribution in [3.05, 3.63) is 109 Å². The van der Waals surface area contributed by atoms with Crippen molar-refractivity contribution in [2.75, 3.05) is 13.2 Å². The lowest BCUT2D eigenvalue weighted by atomic mass is 10.1. The number of esters is 3. The van der Waals surface area contributed by atoms with Crippen molar-refractivity contribution in [1.82, 2.24) is 0 Å². The standard InChI is InChI=1S/C72H122O6/c1-4-7-10-13-16-19-22-25-28-30-32-34-35-36-37-39-40-42-44-47-50-53-56-59-62-65-71(74)77-68-69(67-76-70(73)64-61-58-55-52-49-46-27-24-21-18-15-12-9-6-3)78-72(75)66-63-60-57-54-51-48-45-43-41-38-33-31-29-26-23-20-17-14-11-8-5-2/h7,10,16,19,23-28,31-34,36-37,40,42,69H,4-6,8-9,11-15,17-18,20-22,29-30,35,38-39,41,43-68H2,1-3H3/b10-7-,19-16-,26-23-,27-24-,28-25-,33-31-,34-32-,37-36-,42-40-. The molecular formula is C72H122O6. The molecule has 0 aliphatic heterocycles. The highest BCUT2D eigenvalue weighted by Gasteiger charge is 2.19. The van der Waals surface area contributed by atoms with Gasteiger partial charge < -0.3 is 14.2 Å². The largest absolute Gasteiger partial charge is 0.462 e. The van der Waals surface area contributed by atoms with E-state index in [2.05, 4.69) is 130 Å². The van der Waals surface area contributed by atoms with Crippen LogP contribution in [0.25, 0.3) is 0 Å². The van der Waals surface area contributed by atoms with E-state index in [9.17, 15) is 14.4 Å². The summed E-state index contributed by atoms with van der Waals surface area (Å²) in [6.07, 6.45) is 89.4. The summed E-state index contributed by atoms with van der Waals surface area (Å²) in [5.41, 5.74) is 0. The normalized spacial score (nSPS) is 12.8. The van der Waals surface area contributed by atoms with Gasteiger partial charge in [0.1, 0.15) is 13.2 Å². The summed E-state index contributed by atoms with van der Waals surface area (Å²) in [4.78, 5) is 38.4. The zero-order chi connectivity index (χ0) is 56.4. The average molecular weight is 1080 g/mol. The van der Waals surface area contributed by atoms with Gasteiger partial charge in [-0.1, -0.05) is 271 Å². The van der Waals surface area contributed by atoms with Crippen molar-refractivity contribution in [2.24, 2.45) is 0 Å². The lowest BCUT2D eigenvalue weighted by Crippen LogP contribution is -2.30. The van der Waals surface area contributed by atoms with Crippen molar-refractivity contribution in [2.45, 2.75) is 316 Å². The number of hydrogen-bond acceptors (Lipinski definition) is 6. The molecule has 0 aliphatic rings. The van der Waals surface area contributed by atoms with Crippen LogP contribution in [-0.2, 0) is 28.6 Å². The first-order valence-electron chi connectivity index (χ1n) is 32.9. The molecule has 0 aromatic heterocycles. The quantitative estimate of drug-likeness (QED) is 0.0261. The van der Waals surface area contributed by atoms with Gasteiger partial charge in [-0.05, 0) is 128 Å². The SMILES string of the molecule is CC/C=C\C/C=C\C/C=C\C/C=C\C/C=C\C/C=C\CCCCCCCCC(=O)OCC(COC(=O)CCCCCCC/C=C\CCCCCCC)OC(=O)CCCCCCCCCCC/C=C\C/C=C\CCCCCCC. The second-order valence-electron chi connectivity index (χ2n) is 21.6. The summed E-state index contributed by atoms with van der Waals surface area (Å²) in [6, 6.07) is 0. The minimum atomic E-state index is -0.793. The summed E-state index contributed by atoms with van der Waals surface area (Å²) in [5, 5.41) is 0. The molecule has 0 amide bonds. The highest BCUT2D eigenvalue weighted by molar-refractivity contribution is 5.71. The average Bonchev–Trinajstić information content (AvgIpc) is 3.44. The molecule has 0 heterocycles. The van der Waals surface area contributed by atoms with Gasteiger partial charge in [-0.15, -0.1) is 0 Å². The summed E-state index contributed by atoms with van der Waals surface area (Å²) in [7, 11) is 0. The third-order valence-corrected chi connectivity index (χ3v) is 14.0. The van der Waals surface area contributed by atoms with E-state index in [-0.39, 0.29) is 31.1 Å². The maximum Gasteiger partial charge on any atom is 0.306 e. The van der Waals surface area contributed by atoms with Crippen molar-refractivity contribution >= 4 is 17.9 Å². The molecule has 0 rings (SSSR count). The lowest BCUT2D eigenvalue weighted by molar-refractivity contribution is -0.167. The third-order valence-electron chi connectivity index (χ3n) is 14.0. The number of ether oxygens (including phenoxy) is 3. The molecule has 0 saturated carbocycles. The van der Waals surface area contributed by atoms with E-state index >= 15 is 0 Å². The second kappa shape index (κ2) is 65.6. The first-order chi connectivity index (χ1) is 38.5. The Kier molecular flexibility index (Phi) is 62.3. The molecule has 0 aromatic carbocycles. The fraction of sp³-hybridized carbons (Fsp3) is 0.708. The molecule has 0 aliphatic carbocycles. The molecule has 6 heteroatoms. The zero-order valence-electron chi connectivity index (χ0n) is 51.2. The first kappa shape index (κ1) is 74.1. The summed E-state index contributed by atoms with van der Waals surface area (Å²) >= 11 is 0. The number of unbranched alkanes of at least 4 members (excludes halogenated alkanes) is 30. The predicted molar refractivity (Wildman–Crippen MR) is 339 cm³/mol. The van der Waals surface area contributed by atoms with Gasteiger partial charge in [0.25, 0.3) is 0 Å². The van der Waals surface area contributed by atoms with Crippen molar-refractivity contribution in [1.29, 1.82) is 0 Å². The summed E-state index contributed by atoms with van der Waals surface area (Å²) in [5.74, 6) is -0.908. The number of carbonyl (C=O) groups is 3. The van der Waals surface area contributed by atoms with Crippen LogP contribution in [0.4, 0.5) is 0 Å². The Labute approximate surface area is 482 Å². The minimum absolute atomic E-state index is 0.0890. The van der Waals surface area contributed by atoms with Crippen LogP contribution in [0.5, 0.6) is 0 Å². The van der Waals surface area contributed by atoms with E-state index in [1.807, 2.05) is 0 Å². The lowest BCUT2D eigenvalue weighted by Gasteiger charge is -2.18. The molecule has 1 atom stereocenters. The molecule has 6 nitrogen and oxygen atoms in total. The van der Waals surface area contributed by atoms with Crippen molar-refractivity contribution in [3.63, 3.8) is 0 Å². The number of rotatable bonds is 59. The fourth-order valence-corrected chi connectivity index (χ4v) is 9.06. The molecular weight excluding hydrogens is 961 g/mol. The molecule has 0 radical (unpaired) electrons. The zero-order valence-corrected chi connectivity index (χ0v) is 51.2. The molecule has 0 spiro atoms. The van der Waals surface area contributed by atoms with Crippen molar-refractivity contribution < 1.29 is 28.6 Å². The monoisotopic (exact) mass is 1080 g/mol. The van der Waals surface area contributed by atoms with Crippen LogP contribution in [0.2, 0.25) is 0 Å². The van der Waals surface area contributed by atoms with Gasteiger partial charge in [0.05, 0.1) is 0 Å². The molecule has 0 bridgehead atoms. The van der Waals surface area contributed by atoms with E-state index in [1.165, 1.54) is 148 Å². The Morgan fingerprint density at radius 1 is 0.269 bits per heavy atom. The van der Waals surface area contributed by atoms with E-state index < -0.39 is 6.10 Å². The Morgan fingerprint density at radius 3 is 0.795 bits per heavy atom. The number of carbonyl (C=O) groups excluding carboxylic acids is 3. The molecule has 0 saturated heterocycles. The predicted octanol–water partition coefficient (Wildman–Crippen LogP) is 22.6. The van der Waals surface area contributed by atoms with Crippen LogP contribution in [0.1, 0.15) is 310 Å². The smallest absolute Gasteiger partial charge is 0.306 e. The summed E-state index contributed by atoms with van der Waals surface area (Å²) < 4.78 is 16.9. The second-order valence-corrected chi connectivity index (χ2v) is 21.6. The highest BCUT2D eigenvalue weighted by atomic mass is 16.6. The maximum atomic E-state index is 12.9. The topological polar surface area (TPSA) is 78.9 Å². The van der Waals surface area contributed by atoms with Crippen molar-refractivity contribution in [3.8, 4) is 0 Å². The maximum absolute atomic E-state index is 12.9. The fourth-order valence-electron chi connectivity index (χ4n) is 9.06. The van der Waals surface area contributed by atoms with E-state index in [1.54, 1.807) is 0 Å². The van der Waals surface area contributed by atoms with Gasteiger partial charge in [0, 0.05) is 19.3 Å². The number of allylic oxidation sites excluding steroid dienone is 18. The molecule has 1 unspecified atom stereocenters. The van der Waals surface area contributed by atoms with Gasteiger partial charge in [-0.2, -0.15) is 0 Å². The van der Waals surface area contributed by atoms with Crippen LogP contribution >= 0.6 is 0 Å². The van der Waals surface area contributed by atoms with Gasteiger partial charge in [0.2, 0.25) is 0 Å².